The van der Waals surface area contributed by atoms with Gasteiger partial charge in [0.2, 0.25) is 0 Å². The number of halogens is 1. The first-order chi connectivity index (χ1) is 6.77. The van der Waals surface area contributed by atoms with E-state index in [0.29, 0.717) is 0 Å². The first-order valence-corrected chi connectivity index (χ1v) is 6.05. The van der Waals surface area contributed by atoms with Crippen molar-refractivity contribution >= 4 is 28.8 Å². The lowest BCUT2D eigenvalue weighted by molar-refractivity contribution is -0.141. The molecule has 2 heterocycles. The summed E-state index contributed by atoms with van der Waals surface area (Å²) in [6, 6.07) is 0. The molecule has 5 heteroatoms. The van der Waals surface area contributed by atoms with Crippen LogP contribution in [0.15, 0.2) is 0 Å². The van der Waals surface area contributed by atoms with E-state index in [1.165, 1.54) is 0 Å². The highest BCUT2D eigenvalue weighted by molar-refractivity contribution is 14.1. The van der Waals surface area contributed by atoms with Crippen molar-refractivity contribution in [1.29, 1.82) is 0 Å². The summed E-state index contributed by atoms with van der Waals surface area (Å²) in [7, 11) is 0. The molecule has 0 aliphatic carbocycles. The molecule has 0 aromatic rings. The average molecular weight is 310 g/mol. The zero-order valence-corrected chi connectivity index (χ0v) is 10.3. The zero-order valence-electron chi connectivity index (χ0n) is 8.12. The molecule has 1 atom stereocenters. The van der Waals surface area contributed by atoms with Crippen LogP contribution in [0, 0.1) is 0 Å². The van der Waals surface area contributed by atoms with Crippen LogP contribution in [0.5, 0.6) is 0 Å². The number of ether oxygens (including phenoxy) is 1. The third kappa shape index (κ3) is 2.38. The van der Waals surface area contributed by atoms with Crippen LogP contribution in [0.3, 0.4) is 0 Å². The molecule has 4 nitrogen and oxygen atoms in total. The maximum atomic E-state index is 11.9. The Bertz CT molecular complexity index is 211. The van der Waals surface area contributed by atoms with Gasteiger partial charge in [0.15, 0.2) is 0 Å². The van der Waals surface area contributed by atoms with E-state index in [1.807, 2.05) is 4.90 Å². The topological polar surface area (TPSA) is 32.8 Å². The van der Waals surface area contributed by atoms with Gasteiger partial charge < -0.3 is 9.64 Å². The summed E-state index contributed by atoms with van der Waals surface area (Å²) in [5.74, 6) is 0.201. The number of amides is 1. The Morgan fingerprint density at radius 1 is 1.29 bits per heavy atom. The highest BCUT2D eigenvalue weighted by Crippen LogP contribution is 2.16. The molecule has 2 aliphatic rings. The predicted molar refractivity (Wildman–Crippen MR) is 61.1 cm³/mol. The Labute approximate surface area is 98.1 Å². The minimum atomic E-state index is -0.143. The monoisotopic (exact) mass is 310 g/mol. The third-order valence-corrected chi connectivity index (χ3v) is 3.71. The van der Waals surface area contributed by atoms with Crippen LogP contribution >= 0.6 is 22.9 Å². The van der Waals surface area contributed by atoms with Crippen molar-refractivity contribution in [3.05, 3.63) is 0 Å². The predicted octanol–water partition coefficient (Wildman–Crippen LogP) is 0.660. The van der Waals surface area contributed by atoms with E-state index >= 15 is 0 Å². The van der Waals surface area contributed by atoms with Gasteiger partial charge in [-0.3, -0.25) is 4.79 Å². The molecule has 0 N–H and O–H groups in total. The van der Waals surface area contributed by atoms with Crippen LogP contribution in [-0.2, 0) is 9.53 Å². The van der Waals surface area contributed by atoms with Crippen molar-refractivity contribution in [3.8, 4) is 0 Å². The van der Waals surface area contributed by atoms with E-state index < -0.39 is 0 Å². The van der Waals surface area contributed by atoms with Crippen molar-refractivity contribution in [2.45, 2.75) is 18.9 Å². The van der Waals surface area contributed by atoms with E-state index in [9.17, 15) is 4.79 Å². The number of carbonyl (C=O) groups is 1. The molecule has 1 amide bonds. The minimum Gasteiger partial charge on any atom is -0.368 e. The summed E-state index contributed by atoms with van der Waals surface area (Å²) in [4.78, 5) is 13.8. The third-order valence-electron chi connectivity index (χ3n) is 2.74. The fourth-order valence-corrected chi connectivity index (χ4v) is 2.31. The highest BCUT2D eigenvalue weighted by Gasteiger charge is 2.29. The first-order valence-electron chi connectivity index (χ1n) is 5.08. The molecule has 2 saturated heterocycles. The SMILES string of the molecule is O=C(C1CCCO1)N1CCN(I)CC1. The van der Waals surface area contributed by atoms with Gasteiger partial charge >= 0.3 is 0 Å². The molecule has 0 spiro atoms. The molecular weight excluding hydrogens is 295 g/mol. The van der Waals surface area contributed by atoms with E-state index in [2.05, 4.69) is 26.0 Å². The number of piperazine rings is 1. The van der Waals surface area contributed by atoms with Crippen LogP contribution < -0.4 is 0 Å². The van der Waals surface area contributed by atoms with E-state index in [0.717, 1.165) is 45.6 Å². The molecule has 0 aromatic heterocycles. The summed E-state index contributed by atoms with van der Waals surface area (Å²) in [6.07, 6.45) is 1.79. The summed E-state index contributed by atoms with van der Waals surface area (Å²) < 4.78 is 7.61. The number of hydrogen-bond donors (Lipinski definition) is 0. The fraction of sp³-hybridized carbons (Fsp3) is 0.889. The zero-order chi connectivity index (χ0) is 9.97. The van der Waals surface area contributed by atoms with Gasteiger partial charge in [-0.05, 0) is 12.8 Å². The van der Waals surface area contributed by atoms with Gasteiger partial charge in [0, 0.05) is 55.7 Å². The standard InChI is InChI=1S/C9H15IN2O2/c10-12-5-3-11(4-6-12)9(13)8-2-1-7-14-8/h8H,1-7H2. The number of hydrogen-bond acceptors (Lipinski definition) is 3. The molecule has 2 aliphatic heterocycles. The molecule has 80 valence electrons. The Hall–Kier alpha value is 0.120. The second kappa shape index (κ2) is 4.76. The quantitative estimate of drug-likeness (QED) is 0.527. The second-order valence-electron chi connectivity index (χ2n) is 3.74. The van der Waals surface area contributed by atoms with Crippen molar-refractivity contribution in [2.75, 3.05) is 32.8 Å². The maximum Gasteiger partial charge on any atom is 0.251 e. The van der Waals surface area contributed by atoms with Crippen LogP contribution in [-0.4, -0.2) is 52.8 Å². The van der Waals surface area contributed by atoms with Gasteiger partial charge in [-0.25, -0.2) is 3.11 Å². The number of nitrogens with zero attached hydrogens (tertiary/aromatic N) is 2. The minimum absolute atomic E-state index is 0.143. The molecule has 2 fully saturated rings. The van der Waals surface area contributed by atoms with Gasteiger partial charge in [-0.1, -0.05) is 0 Å². The van der Waals surface area contributed by atoms with Gasteiger partial charge in [0.1, 0.15) is 6.10 Å². The van der Waals surface area contributed by atoms with Crippen molar-refractivity contribution in [2.24, 2.45) is 0 Å². The molecular formula is C9H15IN2O2. The highest BCUT2D eigenvalue weighted by atomic mass is 127. The fourth-order valence-electron chi connectivity index (χ4n) is 1.88. The largest absolute Gasteiger partial charge is 0.368 e. The van der Waals surface area contributed by atoms with Crippen LogP contribution in [0.1, 0.15) is 12.8 Å². The summed E-state index contributed by atoms with van der Waals surface area (Å²) in [5, 5.41) is 0. The Balaban J connectivity index is 1.85. The molecule has 0 radical (unpaired) electrons. The first kappa shape index (κ1) is 10.6. The van der Waals surface area contributed by atoms with Gasteiger partial charge in [0.25, 0.3) is 5.91 Å². The average Bonchev–Trinajstić information content (AvgIpc) is 2.71. The van der Waals surface area contributed by atoms with E-state index in [4.69, 9.17) is 4.74 Å². The molecule has 0 aromatic carbocycles. The van der Waals surface area contributed by atoms with Crippen molar-refractivity contribution < 1.29 is 9.53 Å². The van der Waals surface area contributed by atoms with Crippen LogP contribution in [0.4, 0.5) is 0 Å². The van der Waals surface area contributed by atoms with Gasteiger partial charge in [-0.2, -0.15) is 0 Å². The van der Waals surface area contributed by atoms with Crippen LogP contribution in [0.25, 0.3) is 0 Å². The Morgan fingerprint density at radius 3 is 2.57 bits per heavy atom. The lowest BCUT2D eigenvalue weighted by Crippen LogP contribution is -2.48. The van der Waals surface area contributed by atoms with E-state index in [1.54, 1.807) is 0 Å². The lowest BCUT2D eigenvalue weighted by atomic mass is 10.2. The van der Waals surface area contributed by atoms with Gasteiger partial charge in [-0.15, -0.1) is 0 Å². The number of rotatable bonds is 1. The van der Waals surface area contributed by atoms with Crippen molar-refractivity contribution in [3.63, 3.8) is 0 Å². The molecule has 1 unspecified atom stereocenters. The van der Waals surface area contributed by atoms with Crippen LogP contribution in [0.2, 0.25) is 0 Å². The Kier molecular flexibility index (Phi) is 3.62. The molecule has 0 saturated carbocycles. The molecule has 2 rings (SSSR count). The van der Waals surface area contributed by atoms with E-state index in [-0.39, 0.29) is 12.0 Å². The molecule has 0 bridgehead atoms. The van der Waals surface area contributed by atoms with Gasteiger partial charge in [0.05, 0.1) is 0 Å². The Morgan fingerprint density at radius 2 is 2.00 bits per heavy atom. The second-order valence-corrected chi connectivity index (χ2v) is 5.10. The normalized spacial score (nSPS) is 29.5. The summed E-state index contributed by atoms with van der Waals surface area (Å²) >= 11 is 2.30. The molecule has 14 heavy (non-hydrogen) atoms. The van der Waals surface area contributed by atoms with Crippen molar-refractivity contribution in [1.82, 2.24) is 8.01 Å². The number of carbonyl (C=O) groups excluding carboxylic acids is 1. The summed E-state index contributed by atoms with van der Waals surface area (Å²) in [5.41, 5.74) is 0. The lowest BCUT2D eigenvalue weighted by Gasteiger charge is -2.32. The maximum absolute atomic E-state index is 11.9. The summed E-state index contributed by atoms with van der Waals surface area (Å²) in [6.45, 7) is 4.39. The smallest absolute Gasteiger partial charge is 0.251 e.